The number of aromatic nitrogens is 2. The van der Waals surface area contributed by atoms with E-state index >= 15 is 0 Å². The van der Waals surface area contributed by atoms with Crippen LogP contribution >= 0.6 is 0 Å². The summed E-state index contributed by atoms with van der Waals surface area (Å²) in [5, 5.41) is 4.16. The second-order valence-electron chi connectivity index (χ2n) is 8.36. The summed E-state index contributed by atoms with van der Waals surface area (Å²) in [5.41, 5.74) is 4.65. The third-order valence-corrected chi connectivity index (χ3v) is 6.16. The first-order valence-corrected chi connectivity index (χ1v) is 11.2. The van der Waals surface area contributed by atoms with Crippen molar-refractivity contribution in [2.24, 2.45) is 0 Å². The Labute approximate surface area is 182 Å². The molecular weight excluding hydrogens is 390 g/mol. The first-order valence-electron chi connectivity index (χ1n) is 11.2. The Hall–Kier alpha value is -3.15. The fraction of sp³-hybridized carbons (Fsp3) is 0.400. The summed E-state index contributed by atoms with van der Waals surface area (Å²) in [6.07, 6.45) is 5.93. The van der Waals surface area contributed by atoms with E-state index in [-0.39, 0.29) is 11.8 Å². The number of carbonyl (C=O) groups is 1. The SMILES string of the molecule is CCCOc1ccc(-c2noc(C3CC(=O)N(c4cccc5c4CCCC5)C3)n2)cc1. The molecule has 1 fully saturated rings. The molecule has 1 unspecified atom stereocenters. The van der Waals surface area contributed by atoms with Crippen molar-refractivity contribution in [3.63, 3.8) is 0 Å². The Morgan fingerprint density at radius 3 is 2.81 bits per heavy atom. The van der Waals surface area contributed by atoms with Crippen molar-refractivity contribution in [1.29, 1.82) is 0 Å². The maximum absolute atomic E-state index is 12.9. The van der Waals surface area contributed by atoms with Crippen LogP contribution in [0.5, 0.6) is 5.75 Å². The van der Waals surface area contributed by atoms with Gasteiger partial charge < -0.3 is 14.2 Å². The van der Waals surface area contributed by atoms with Gasteiger partial charge in [-0.15, -0.1) is 0 Å². The number of fused-ring (bicyclic) bond motifs is 1. The molecule has 1 amide bonds. The number of ether oxygens (including phenoxy) is 1. The highest BCUT2D eigenvalue weighted by atomic mass is 16.5. The maximum Gasteiger partial charge on any atom is 0.232 e. The zero-order valence-corrected chi connectivity index (χ0v) is 17.8. The van der Waals surface area contributed by atoms with Crippen LogP contribution in [-0.4, -0.2) is 29.2 Å². The molecule has 2 aromatic carbocycles. The van der Waals surface area contributed by atoms with Crippen molar-refractivity contribution in [3.05, 3.63) is 59.5 Å². The molecule has 1 atom stereocenters. The predicted octanol–water partition coefficient (Wildman–Crippen LogP) is 4.92. The molecule has 0 radical (unpaired) electrons. The minimum absolute atomic E-state index is 0.0830. The number of carbonyl (C=O) groups excluding carboxylic acids is 1. The smallest absolute Gasteiger partial charge is 0.232 e. The molecule has 2 aliphatic rings. The molecule has 0 bridgehead atoms. The first-order chi connectivity index (χ1) is 15.2. The van der Waals surface area contributed by atoms with Crippen LogP contribution in [0, 0.1) is 0 Å². The predicted molar refractivity (Wildman–Crippen MR) is 118 cm³/mol. The van der Waals surface area contributed by atoms with Gasteiger partial charge in [-0.25, -0.2) is 0 Å². The lowest BCUT2D eigenvalue weighted by Gasteiger charge is -2.25. The van der Waals surface area contributed by atoms with Crippen molar-refractivity contribution in [3.8, 4) is 17.1 Å². The van der Waals surface area contributed by atoms with Crippen LogP contribution in [0.25, 0.3) is 11.4 Å². The van der Waals surface area contributed by atoms with Crippen LogP contribution in [0.1, 0.15) is 55.5 Å². The van der Waals surface area contributed by atoms with Crippen molar-refractivity contribution in [1.82, 2.24) is 10.1 Å². The van der Waals surface area contributed by atoms with E-state index in [4.69, 9.17) is 9.26 Å². The van der Waals surface area contributed by atoms with Gasteiger partial charge in [0.25, 0.3) is 0 Å². The van der Waals surface area contributed by atoms with Gasteiger partial charge in [0.1, 0.15) is 5.75 Å². The Bertz CT molecular complexity index is 1070. The van der Waals surface area contributed by atoms with Crippen LogP contribution in [0.3, 0.4) is 0 Å². The van der Waals surface area contributed by atoms with Gasteiger partial charge in [-0.2, -0.15) is 4.98 Å². The van der Waals surface area contributed by atoms with E-state index in [0.29, 0.717) is 31.3 Å². The van der Waals surface area contributed by atoms with Crippen LogP contribution in [0.4, 0.5) is 5.69 Å². The van der Waals surface area contributed by atoms with Gasteiger partial charge >= 0.3 is 0 Å². The first kappa shape index (κ1) is 19.8. The standard InChI is InChI=1S/C25H27N3O3/c1-2-14-30-20-12-10-18(11-13-20)24-26-25(31-27-24)19-15-23(29)28(16-19)22-9-5-7-17-6-3-4-8-21(17)22/h5,7,9-13,19H,2-4,6,8,14-16H2,1H3. The number of amides is 1. The molecule has 1 aliphatic carbocycles. The van der Waals surface area contributed by atoms with E-state index in [1.54, 1.807) is 0 Å². The van der Waals surface area contributed by atoms with Crippen molar-refractivity contribution in [2.45, 2.75) is 51.4 Å². The number of aryl methyl sites for hydroxylation is 1. The summed E-state index contributed by atoms with van der Waals surface area (Å²) in [5.74, 6) is 1.95. The van der Waals surface area contributed by atoms with Gasteiger partial charge in [0.15, 0.2) is 0 Å². The second-order valence-corrected chi connectivity index (χ2v) is 8.36. The molecule has 1 aliphatic heterocycles. The quantitative estimate of drug-likeness (QED) is 0.569. The highest BCUT2D eigenvalue weighted by Crippen LogP contribution is 2.36. The Kier molecular flexibility index (Phi) is 5.45. The summed E-state index contributed by atoms with van der Waals surface area (Å²) >= 11 is 0. The molecule has 1 saturated heterocycles. The van der Waals surface area contributed by atoms with Gasteiger partial charge in [0.05, 0.1) is 12.5 Å². The molecule has 0 spiro atoms. The molecule has 1 aromatic heterocycles. The maximum atomic E-state index is 12.9. The van der Waals surface area contributed by atoms with Crippen molar-refractivity contribution in [2.75, 3.05) is 18.1 Å². The van der Waals surface area contributed by atoms with Crippen LogP contribution < -0.4 is 9.64 Å². The van der Waals surface area contributed by atoms with Crippen molar-refractivity contribution >= 4 is 11.6 Å². The van der Waals surface area contributed by atoms with Gasteiger partial charge in [-0.1, -0.05) is 24.2 Å². The molecule has 2 heterocycles. The van der Waals surface area contributed by atoms with E-state index in [1.165, 1.54) is 24.0 Å². The minimum atomic E-state index is -0.0830. The summed E-state index contributed by atoms with van der Waals surface area (Å²) in [6.45, 7) is 3.36. The average molecular weight is 418 g/mol. The van der Waals surface area contributed by atoms with E-state index in [9.17, 15) is 4.79 Å². The molecule has 6 heteroatoms. The largest absolute Gasteiger partial charge is 0.494 e. The lowest BCUT2D eigenvalue weighted by molar-refractivity contribution is -0.117. The van der Waals surface area contributed by atoms with Crippen LogP contribution in [0.15, 0.2) is 47.0 Å². The van der Waals surface area contributed by atoms with Gasteiger partial charge in [-0.3, -0.25) is 4.79 Å². The number of hydrogen-bond donors (Lipinski definition) is 0. The minimum Gasteiger partial charge on any atom is -0.494 e. The number of anilines is 1. The Morgan fingerprint density at radius 2 is 1.97 bits per heavy atom. The molecule has 160 valence electrons. The van der Waals surface area contributed by atoms with Crippen molar-refractivity contribution < 1.29 is 14.1 Å². The molecular formula is C25H27N3O3. The molecule has 6 nitrogen and oxygen atoms in total. The number of benzene rings is 2. The third-order valence-electron chi connectivity index (χ3n) is 6.16. The van der Waals surface area contributed by atoms with Gasteiger partial charge in [0, 0.05) is 24.2 Å². The molecule has 31 heavy (non-hydrogen) atoms. The third kappa shape index (κ3) is 3.94. The van der Waals surface area contributed by atoms with E-state index in [1.807, 2.05) is 29.2 Å². The lowest BCUT2D eigenvalue weighted by atomic mass is 9.90. The number of nitrogens with zero attached hydrogens (tertiary/aromatic N) is 3. The fourth-order valence-corrected chi connectivity index (χ4v) is 4.56. The summed E-state index contributed by atoms with van der Waals surface area (Å²) in [7, 11) is 0. The van der Waals surface area contributed by atoms with Gasteiger partial charge in [0.2, 0.25) is 17.6 Å². The topological polar surface area (TPSA) is 68.5 Å². The summed E-state index contributed by atoms with van der Waals surface area (Å²) in [6, 6.07) is 14.0. The lowest BCUT2D eigenvalue weighted by Crippen LogP contribution is -2.26. The molecule has 0 saturated carbocycles. The normalized spacial score (nSPS) is 18.3. The Balaban J connectivity index is 1.33. The number of hydrogen-bond acceptors (Lipinski definition) is 5. The number of rotatable bonds is 6. The molecule has 5 rings (SSSR count). The average Bonchev–Trinajstić information content (AvgIpc) is 3.45. The second kappa shape index (κ2) is 8.53. The monoisotopic (exact) mass is 417 g/mol. The highest BCUT2D eigenvalue weighted by molar-refractivity contribution is 5.97. The van der Waals surface area contributed by atoms with Crippen LogP contribution in [-0.2, 0) is 17.6 Å². The molecule has 0 N–H and O–H groups in total. The molecule has 3 aromatic rings. The highest BCUT2D eigenvalue weighted by Gasteiger charge is 2.36. The van der Waals surface area contributed by atoms with E-state index in [0.717, 1.165) is 36.3 Å². The summed E-state index contributed by atoms with van der Waals surface area (Å²) in [4.78, 5) is 19.4. The van der Waals surface area contributed by atoms with Crippen LogP contribution in [0.2, 0.25) is 0 Å². The zero-order chi connectivity index (χ0) is 21.2. The van der Waals surface area contributed by atoms with E-state index in [2.05, 4.69) is 35.3 Å². The summed E-state index contributed by atoms with van der Waals surface area (Å²) < 4.78 is 11.2. The fourth-order valence-electron chi connectivity index (χ4n) is 4.56. The van der Waals surface area contributed by atoms with E-state index < -0.39 is 0 Å². The Morgan fingerprint density at radius 1 is 1.13 bits per heavy atom. The van der Waals surface area contributed by atoms with Gasteiger partial charge in [-0.05, 0) is 73.6 Å². The zero-order valence-electron chi connectivity index (χ0n) is 17.8.